The Morgan fingerprint density at radius 3 is 2.33 bits per heavy atom. The number of nitrogens with two attached hydrogens (primary N) is 1. The molecule has 3 nitrogen and oxygen atoms in total. The number of methoxy groups -OCH3 is 1. The Morgan fingerprint density at radius 2 is 1.78 bits per heavy atom. The predicted molar refractivity (Wildman–Crippen MR) is 72.8 cm³/mol. The average Bonchev–Trinajstić information content (AvgIpc) is 2.38. The minimum atomic E-state index is 0.0609. The maximum atomic E-state index is 11.2. The zero-order valence-corrected chi connectivity index (χ0v) is 10.4. The van der Waals surface area contributed by atoms with Gasteiger partial charge >= 0.3 is 0 Å². The number of ketones is 1. The van der Waals surface area contributed by atoms with E-state index >= 15 is 0 Å². The number of hydrogen-bond acceptors (Lipinski definition) is 3. The quantitative estimate of drug-likeness (QED) is 0.663. The van der Waals surface area contributed by atoms with Crippen molar-refractivity contribution in [3.8, 4) is 16.9 Å². The molecule has 0 amide bonds. The molecule has 0 fully saturated rings. The van der Waals surface area contributed by atoms with E-state index in [9.17, 15) is 4.79 Å². The van der Waals surface area contributed by atoms with E-state index in [0.717, 1.165) is 16.9 Å². The van der Waals surface area contributed by atoms with Crippen LogP contribution in [0.3, 0.4) is 0 Å². The first-order valence-electron chi connectivity index (χ1n) is 5.66. The van der Waals surface area contributed by atoms with Crippen LogP contribution in [0.2, 0.25) is 0 Å². The smallest absolute Gasteiger partial charge is 0.159 e. The summed E-state index contributed by atoms with van der Waals surface area (Å²) >= 11 is 0. The van der Waals surface area contributed by atoms with Gasteiger partial charge in [-0.2, -0.15) is 0 Å². The highest BCUT2D eigenvalue weighted by Gasteiger charge is 2.07. The van der Waals surface area contributed by atoms with Crippen LogP contribution in [-0.2, 0) is 0 Å². The monoisotopic (exact) mass is 241 g/mol. The molecule has 0 aliphatic heterocycles. The Bertz CT molecular complexity index is 574. The third-order valence-corrected chi connectivity index (χ3v) is 2.83. The summed E-state index contributed by atoms with van der Waals surface area (Å²) < 4.78 is 5.31. The zero-order valence-electron chi connectivity index (χ0n) is 10.4. The Hall–Kier alpha value is -2.29. The topological polar surface area (TPSA) is 52.3 Å². The molecule has 2 N–H and O–H groups in total. The Labute approximate surface area is 106 Å². The zero-order chi connectivity index (χ0) is 13.1. The van der Waals surface area contributed by atoms with Crippen molar-refractivity contribution in [3.63, 3.8) is 0 Å². The first-order valence-corrected chi connectivity index (χ1v) is 5.66. The molecule has 0 aliphatic carbocycles. The van der Waals surface area contributed by atoms with Crippen molar-refractivity contribution >= 4 is 11.5 Å². The van der Waals surface area contributed by atoms with E-state index in [-0.39, 0.29) is 5.78 Å². The fourth-order valence-corrected chi connectivity index (χ4v) is 1.83. The standard InChI is InChI=1S/C15H15NO2/c1-10(17)11-3-5-12(6-4-11)14-8-7-13(16)9-15(14)18-2/h3-9H,16H2,1-2H3. The number of ether oxygens (including phenoxy) is 1. The molecular weight excluding hydrogens is 226 g/mol. The van der Waals surface area contributed by atoms with Crippen LogP contribution in [0.4, 0.5) is 5.69 Å². The first kappa shape index (κ1) is 12.2. The second-order valence-corrected chi connectivity index (χ2v) is 4.09. The molecule has 0 unspecified atom stereocenters. The normalized spacial score (nSPS) is 10.1. The van der Waals surface area contributed by atoms with Gasteiger partial charge in [-0.05, 0) is 24.6 Å². The lowest BCUT2D eigenvalue weighted by Gasteiger charge is -2.09. The number of rotatable bonds is 3. The largest absolute Gasteiger partial charge is 0.496 e. The van der Waals surface area contributed by atoms with Crippen LogP contribution in [-0.4, -0.2) is 12.9 Å². The van der Waals surface area contributed by atoms with Gasteiger partial charge in [0.15, 0.2) is 5.78 Å². The second kappa shape index (κ2) is 4.92. The van der Waals surface area contributed by atoms with Crippen molar-refractivity contribution in [1.29, 1.82) is 0 Å². The molecule has 0 bridgehead atoms. The van der Waals surface area contributed by atoms with Gasteiger partial charge in [-0.1, -0.05) is 24.3 Å². The number of nitrogen functional groups attached to an aromatic ring is 1. The van der Waals surface area contributed by atoms with Gasteiger partial charge in [0.25, 0.3) is 0 Å². The van der Waals surface area contributed by atoms with Gasteiger partial charge in [-0.25, -0.2) is 0 Å². The van der Waals surface area contributed by atoms with E-state index in [2.05, 4.69) is 0 Å². The highest BCUT2D eigenvalue weighted by molar-refractivity contribution is 5.94. The lowest BCUT2D eigenvalue weighted by atomic mass is 10.0. The van der Waals surface area contributed by atoms with E-state index in [4.69, 9.17) is 10.5 Å². The fraction of sp³-hybridized carbons (Fsp3) is 0.133. The van der Waals surface area contributed by atoms with Crippen molar-refractivity contribution in [2.24, 2.45) is 0 Å². The molecule has 0 spiro atoms. The van der Waals surface area contributed by atoms with E-state index in [1.54, 1.807) is 20.1 Å². The third kappa shape index (κ3) is 2.35. The molecule has 0 radical (unpaired) electrons. The molecule has 2 rings (SSSR count). The SMILES string of the molecule is COc1cc(N)ccc1-c1ccc(C(C)=O)cc1. The molecule has 2 aromatic rings. The maximum Gasteiger partial charge on any atom is 0.159 e. The third-order valence-electron chi connectivity index (χ3n) is 2.83. The number of hydrogen-bond donors (Lipinski definition) is 1. The van der Waals surface area contributed by atoms with E-state index < -0.39 is 0 Å². The number of benzene rings is 2. The van der Waals surface area contributed by atoms with Crippen LogP contribution < -0.4 is 10.5 Å². The van der Waals surface area contributed by atoms with Gasteiger partial charge in [0.05, 0.1) is 7.11 Å². The highest BCUT2D eigenvalue weighted by Crippen LogP contribution is 2.31. The average molecular weight is 241 g/mol. The maximum absolute atomic E-state index is 11.2. The molecule has 92 valence electrons. The molecule has 3 heteroatoms. The summed E-state index contributed by atoms with van der Waals surface area (Å²) in [6, 6.07) is 13.0. The van der Waals surface area contributed by atoms with Crippen molar-refractivity contribution < 1.29 is 9.53 Å². The van der Waals surface area contributed by atoms with Crippen LogP contribution in [0.5, 0.6) is 5.75 Å². The molecular formula is C15H15NO2. The molecule has 0 atom stereocenters. The molecule has 18 heavy (non-hydrogen) atoms. The molecule has 0 saturated carbocycles. The van der Waals surface area contributed by atoms with Gasteiger partial charge < -0.3 is 10.5 Å². The number of anilines is 1. The minimum Gasteiger partial charge on any atom is -0.496 e. The van der Waals surface area contributed by atoms with Crippen LogP contribution in [0.15, 0.2) is 42.5 Å². The Morgan fingerprint density at radius 1 is 1.11 bits per heavy atom. The number of carbonyl (C=O) groups is 1. The minimum absolute atomic E-state index is 0.0609. The molecule has 0 aromatic heterocycles. The molecule has 0 heterocycles. The van der Waals surface area contributed by atoms with Crippen LogP contribution in [0.25, 0.3) is 11.1 Å². The number of carbonyl (C=O) groups excluding carboxylic acids is 1. The Balaban J connectivity index is 2.45. The highest BCUT2D eigenvalue weighted by atomic mass is 16.5. The van der Waals surface area contributed by atoms with E-state index in [1.807, 2.05) is 36.4 Å². The van der Waals surface area contributed by atoms with Crippen molar-refractivity contribution in [2.45, 2.75) is 6.92 Å². The van der Waals surface area contributed by atoms with Gasteiger partial charge in [-0.15, -0.1) is 0 Å². The predicted octanol–water partition coefficient (Wildman–Crippen LogP) is 3.15. The van der Waals surface area contributed by atoms with Gasteiger partial charge in [0.2, 0.25) is 0 Å². The summed E-state index contributed by atoms with van der Waals surface area (Å²) in [4.78, 5) is 11.2. The fourth-order valence-electron chi connectivity index (χ4n) is 1.83. The summed E-state index contributed by atoms with van der Waals surface area (Å²) in [6.45, 7) is 1.55. The lowest BCUT2D eigenvalue weighted by Crippen LogP contribution is -1.93. The van der Waals surface area contributed by atoms with Crippen LogP contribution >= 0.6 is 0 Å². The summed E-state index contributed by atoms with van der Waals surface area (Å²) in [5.74, 6) is 0.788. The molecule has 2 aromatic carbocycles. The summed E-state index contributed by atoms with van der Waals surface area (Å²) in [7, 11) is 1.61. The molecule has 0 saturated heterocycles. The van der Waals surface area contributed by atoms with E-state index in [1.165, 1.54) is 0 Å². The second-order valence-electron chi connectivity index (χ2n) is 4.09. The van der Waals surface area contributed by atoms with Gasteiger partial charge in [-0.3, -0.25) is 4.79 Å². The summed E-state index contributed by atoms with van der Waals surface area (Å²) in [6.07, 6.45) is 0. The lowest BCUT2D eigenvalue weighted by molar-refractivity contribution is 0.101. The summed E-state index contributed by atoms with van der Waals surface area (Å²) in [5.41, 5.74) is 9.04. The summed E-state index contributed by atoms with van der Waals surface area (Å²) in [5, 5.41) is 0. The molecule has 0 aliphatic rings. The van der Waals surface area contributed by atoms with E-state index in [0.29, 0.717) is 11.3 Å². The number of Topliss-reactive ketones (excluding diaryl/α,β-unsaturated/α-hetero) is 1. The van der Waals surface area contributed by atoms with Crippen LogP contribution in [0.1, 0.15) is 17.3 Å². The Kier molecular flexibility index (Phi) is 3.33. The van der Waals surface area contributed by atoms with Gasteiger partial charge in [0, 0.05) is 22.9 Å². The van der Waals surface area contributed by atoms with Crippen LogP contribution in [0, 0.1) is 0 Å². The first-order chi connectivity index (χ1) is 8.61. The van der Waals surface area contributed by atoms with Gasteiger partial charge in [0.1, 0.15) is 5.75 Å². The van der Waals surface area contributed by atoms with Crippen molar-refractivity contribution in [3.05, 3.63) is 48.0 Å². The van der Waals surface area contributed by atoms with Crippen molar-refractivity contribution in [1.82, 2.24) is 0 Å². The van der Waals surface area contributed by atoms with Crippen molar-refractivity contribution in [2.75, 3.05) is 12.8 Å².